The van der Waals surface area contributed by atoms with Crippen molar-refractivity contribution in [2.24, 2.45) is 0 Å². The standard InChI is InChI=1S/C14H24F4N2O2/c15-11(16)13(21)19-9-7-5-3-1-2-4-6-8-10-20-14(22)12(17)18/h11-12H,1-10H2,(H,19,21)(H,20,22). The number of alkyl halides is 4. The van der Waals surface area contributed by atoms with Crippen LogP contribution in [0.5, 0.6) is 0 Å². The zero-order valence-corrected chi connectivity index (χ0v) is 12.6. The molecule has 0 bridgehead atoms. The molecule has 4 nitrogen and oxygen atoms in total. The fourth-order valence-corrected chi connectivity index (χ4v) is 1.89. The summed E-state index contributed by atoms with van der Waals surface area (Å²) in [5.41, 5.74) is 0. The van der Waals surface area contributed by atoms with Gasteiger partial charge in [0.1, 0.15) is 0 Å². The van der Waals surface area contributed by atoms with Gasteiger partial charge in [-0.1, -0.05) is 38.5 Å². The minimum Gasteiger partial charge on any atom is -0.351 e. The van der Waals surface area contributed by atoms with Gasteiger partial charge in [0.15, 0.2) is 0 Å². The third-order valence-corrected chi connectivity index (χ3v) is 3.10. The van der Waals surface area contributed by atoms with E-state index in [1.165, 1.54) is 0 Å². The zero-order chi connectivity index (χ0) is 16.8. The lowest BCUT2D eigenvalue weighted by Crippen LogP contribution is -2.30. The summed E-state index contributed by atoms with van der Waals surface area (Å²) >= 11 is 0. The van der Waals surface area contributed by atoms with Gasteiger partial charge >= 0.3 is 12.9 Å². The number of rotatable bonds is 13. The lowest BCUT2D eigenvalue weighted by Gasteiger charge is -2.05. The van der Waals surface area contributed by atoms with Gasteiger partial charge in [-0.3, -0.25) is 9.59 Å². The lowest BCUT2D eigenvalue weighted by molar-refractivity contribution is -0.132. The van der Waals surface area contributed by atoms with Gasteiger partial charge in [0, 0.05) is 13.1 Å². The highest BCUT2D eigenvalue weighted by Gasteiger charge is 2.13. The van der Waals surface area contributed by atoms with Crippen molar-refractivity contribution in [2.45, 2.75) is 64.2 Å². The second kappa shape index (κ2) is 13.3. The normalized spacial score (nSPS) is 11.0. The summed E-state index contributed by atoms with van der Waals surface area (Å²) in [6.45, 7) is 0.542. The van der Waals surface area contributed by atoms with E-state index in [2.05, 4.69) is 10.6 Å². The number of hydrogen-bond donors (Lipinski definition) is 2. The summed E-state index contributed by atoms with van der Waals surface area (Å²) < 4.78 is 47.4. The summed E-state index contributed by atoms with van der Waals surface area (Å²) in [6.07, 6.45) is 1.13. The van der Waals surface area contributed by atoms with Gasteiger partial charge in [0.05, 0.1) is 0 Å². The largest absolute Gasteiger partial charge is 0.351 e. The van der Waals surface area contributed by atoms with Crippen molar-refractivity contribution in [1.82, 2.24) is 10.6 Å². The maximum absolute atomic E-state index is 11.8. The zero-order valence-electron chi connectivity index (χ0n) is 12.6. The Morgan fingerprint density at radius 1 is 0.591 bits per heavy atom. The van der Waals surface area contributed by atoms with Crippen LogP contribution >= 0.6 is 0 Å². The molecule has 2 N–H and O–H groups in total. The Morgan fingerprint density at radius 2 is 0.864 bits per heavy atom. The number of nitrogens with one attached hydrogen (secondary N) is 2. The number of hydrogen-bond acceptors (Lipinski definition) is 2. The Balaban J connectivity index is 3.18. The van der Waals surface area contributed by atoms with Gasteiger partial charge < -0.3 is 10.6 Å². The monoisotopic (exact) mass is 328 g/mol. The Morgan fingerprint density at radius 3 is 1.14 bits per heavy atom. The molecule has 2 amide bonds. The summed E-state index contributed by atoms with van der Waals surface area (Å²) in [5, 5.41) is 4.30. The van der Waals surface area contributed by atoms with Crippen molar-refractivity contribution < 1.29 is 27.2 Å². The van der Waals surface area contributed by atoms with E-state index in [1.807, 2.05) is 0 Å². The molecule has 22 heavy (non-hydrogen) atoms. The fraction of sp³-hybridized carbons (Fsp3) is 0.857. The van der Waals surface area contributed by atoms with E-state index in [-0.39, 0.29) is 13.1 Å². The molecule has 0 aromatic carbocycles. The molecular weight excluding hydrogens is 304 g/mol. The van der Waals surface area contributed by atoms with Crippen molar-refractivity contribution in [3.63, 3.8) is 0 Å². The van der Waals surface area contributed by atoms with Crippen LogP contribution in [0.3, 0.4) is 0 Å². The van der Waals surface area contributed by atoms with Crippen LogP contribution in [0.25, 0.3) is 0 Å². The number of halogens is 4. The van der Waals surface area contributed by atoms with E-state index >= 15 is 0 Å². The lowest BCUT2D eigenvalue weighted by atomic mass is 10.1. The maximum atomic E-state index is 11.8. The second-order valence-corrected chi connectivity index (χ2v) is 5.01. The third kappa shape index (κ3) is 12.4. The van der Waals surface area contributed by atoms with Gasteiger partial charge in [-0.25, -0.2) is 0 Å². The summed E-state index contributed by atoms with van der Waals surface area (Å²) in [4.78, 5) is 21.1. The van der Waals surface area contributed by atoms with E-state index in [0.717, 1.165) is 38.5 Å². The van der Waals surface area contributed by atoms with Crippen molar-refractivity contribution in [1.29, 1.82) is 0 Å². The first-order valence-corrected chi connectivity index (χ1v) is 7.57. The number of amides is 2. The predicted molar refractivity (Wildman–Crippen MR) is 75.0 cm³/mol. The van der Waals surface area contributed by atoms with Crippen LogP contribution in [0.4, 0.5) is 17.6 Å². The minimum absolute atomic E-state index is 0.271. The topological polar surface area (TPSA) is 58.2 Å². The molecule has 0 unspecified atom stereocenters. The molecule has 0 saturated carbocycles. The number of carbonyl (C=O) groups is 2. The predicted octanol–water partition coefficient (Wildman–Crippen LogP) is 2.87. The highest BCUT2D eigenvalue weighted by molar-refractivity contribution is 5.79. The van der Waals surface area contributed by atoms with Gasteiger partial charge in [0.25, 0.3) is 11.8 Å². The van der Waals surface area contributed by atoms with Crippen LogP contribution in [-0.4, -0.2) is 37.8 Å². The molecule has 130 valence electrons. The van der Waals surface area contributed by atoms with Crippen LogP contribution in [0.15, 0.2) is 0 Å². The first-order valence-electron chi connectivity index (χ1n) is 7.57. The minimum atomic E-state index is -2.95. The molecule has 0 fully saturated rings. The van der Waals surface area contributed by atoms with Gasteiger partial charge in [0.2, 0.25) is 0 Å². The Labute approximate surface area is 128 Å². The second-order valence-electron chi connectivity index (χ2n) is 5.01. The molecule has 0 aliphatic heterocycles. The quantitative estimate of drug-likeness (QED) is 0.403. The Bertz CT molecular complexity index is 285. The van der Waals surface area contributed by atoms with Crippen LogP contribution in [0.2, 0.25) is 0 Å². The van der Waals surface area contributed by atoms with E-state index in [9.17, 15) is 27.2 Å². The first kappa shape index (κ1) is 20.7. The molecule has 0 aromatic rings. The third-order valence-electron chi connectivity index (χ3n) is 3.10. The molecule has 0 heterocycles. The van der Waals surface area contributed by atoms with Crippen LogP contribution in [0.1, 0.15) is 51.4 Å². The molecule has 0 aliphatic carbocycles. The van der Waals surface area contributed by atoms with Gasteiger partial charge in [-0.05, 0) is 12.8 Å². The SMILES string of the molecule is O=C(NCCCCCCCCCCNC(=O)C(F)F)C(F)F. The maximum Gasteiger partial charge on any atom is 0.315 e. The summed E-state index contributed by atoms with van der Waals surface area (Å²) in [7, 11) is 0. The van der Waals surface area contributed by atoms with E-state index in [0.29, 0.717) is 12.8 Å². The van der Waals surface area contributed by atoms with E-state index in [4.69, 9.17) is 0 Å². The molecule has 0 aromatic heterocycles. The molecule has 0 radical (unpaired) electrons. The molecule has 0 rings (SSSR count). The molecule has 0 saturated heterocycles. The van der Waals surface area contributed by atoms with Gasteiger partial charge in [-0.2, -0.15) is 17.6 Å². The number of carbonyl (C=O) groups excluding carboxylic acids is 2. The molecular formula is C14H24F4N2O2. The molecule has 8 heteroatoms. The Hall–Kier alpha value is -1.34. The van der Waals surface area contributed by atoms with Crippen molar-refractivity contribution in [3.8, 4) is 0 Å². The summed E-state index contributed by atoms with van der Waals surface area (Å²) in [5.74, 6) is -2.45. The Kier molecular flexibility index (Phi) is 12.5. The smallest absolute Gasteiger partial charge is 0.315 e. The van der Waals surface area contributed by atoms with Crippen LogP contribution in [-0.2, 0) is 9.59 Å². The highest BCUT2D eigenvalue weighted by Crippen LogP contribution is 2.08. The molecule has 0 spiro atoms. The van der Waals surface area contributed by atoms with Crippen molar-refractivity contribution >= 4 is 11.8 Å². The van der Waals surface area contributed by atoms with Crippen LogP contribution in [0, 0.1) is 0 Å². The number of unbranched alkanes of at least 4 members (excludes halogenated alkanes) is 7. The highest BCUT2D eigenvalue weighted by atomic mass is 19.3. The van der Waals surface area contributed by atoms with Crippen molar-refractivity contribution in [2.75, 3.05) is 13.1 Å². The van der Waals surface area contributed by atoms with E-state index in [1.54, 1.807) is 0 Å². The van der Waals surface area contributed by atoms with Crippen LogP contribution < -0.4 is 10.6 Å². The van der Waals surface area contributed by atoms with Gasteiger partial charge in [-0.15, -0.1) is 0 Å². The summed E-state index contributed by atoms with van der Waals surface area (Å²) in [6, 6.07) is 0. The average Bonchev–Trinajstić information content (AvgIpc) is 2.47. The van der Waals surface area contributed by atoms with E-state index < -0.39 is 24.7 Å². The first-order chi connectivity index (χ1) is 10.4. The van der Waals surface area contributed by atoms with Crippen molar-refractivity contribution in [3.05, 3.63) is 0 Å². The fourth-order valence-electron chi connectivity index (χ4n) is 1.89. The molecule has 0 aliphatic rings. The molecule has 0 atom stereocenters. The average molecular weight is 328 g/mol.